The summed E-state index contributed by atoms with van der Waals surface area (Å²) in [5, 5.41) is 0.425. The fraction of sp³-hybridized carbons (Fsp3) is 0.222. The summed E-state index contributed by atoms with van der Waals surface area (Å²) < 4.78 is 5.21. The van der Waals surface area contributed by atoms with Gasteiger partial charge in [0.2, 0.25) is 0 Å². The highest BCUT2D eigenvalue weighted by Gasteiger charge is 2.23. The van der Waals surface area contributed by atoms with Gasteiger partial charge in [-0.15, -0.1) is 0 Å². The van der Waals surface area contributed by atoms with Crippen molar-refractivity contribution in [2.24, 2.45) is 0 Å². The van der Waals surface area contributed by atoms with Crippen LogP contribution in [0.1, 0.15) is 0 Å². The second-order valence-electron chi connectivity index (χ2n) is 3.08. The molecule has 0 bridgehead atoms. The molecule has 0 spiro atoms. The average Bonchev–Trinajstić information content (AvgIpc) is 2.15. The minimum Gasteiger partial charge on any atom is -0.481 e. The second kappa shape index (κ2) is 3.06. The number of benzene rings is 1. The molecule has 1 aromatic carbocycles. The molecule has 1 aromatic rings. The molecule has 2 N–H and O–H groups in total. The Bertz CT molecular complexity index is 406. The number of nitrogen functional groups attached to an aromatic ring is 1. The quantitative estimate of drug-likeness (QED) is 0.659. The number of likely N-dealkylation sites (N-methyl/N-ethyl adjacent to an activating group) is 1. The van der Waals surface area contributed by atoms with Crippen LogP contribution in [0.15, 0.2) is 12.1 Å². The maximum absolute atomic E-state index is 11.3. The van der Waals surface area contributed by atoms with Crippen LogP contribution in [0.3, 0.4) is 0 Å². The minimum absolute atomic E-state index is 0.0462. The highest BCUT2D eigenvalue weighted by molar-refractivity contribution is 6.33. The molecular formula is C9H9ClN2O2. The number of anilines is 2. The predicted molar refractivity (Wildman–Crippen MR) is 54.8 cm³/mol. The standard InChI is InChI=1S/C9H9ClN2O2/c1-12-7-2-5(10)6(11)3-8(7)14-4-9(12)13/h2-3H,4,11H2,1H3. The van der Waals surface area contributed by atoms with Gasteiger partial charge in [-0.2, -0.15) is 0 Å². The average molecular weight is 213 g/mol. The summed E-state index contributed by atoms with van der Waals surface area (Å²) in [5.41, 5.74) is 6.71. The molecule has 0 saturated heterocycles. The van der Waals surface area contributed by atoms with Crippen LogP contribution in [0, 0.1) is 0 Å². The Hall–Kier alpha value is -1.42. The van der Waals surface area contributed by atoms with E-state index in [4.69, 9.17) is 22.1 Å². The zero-order chi connectivity index (χ0) is 10.3. The molecular weight excluding hydrogens is 204 g/mol. The molecule has 4 nitrogen and oxygen atoms in total. The first-order valence-electron chi connectivity index (χ1n) is 4.08. The Morgan fingerprint density at radius 2 is 2.29 bits per heavy atom. The number of amides is 1. The molecule has 0 fully saturated rings. The third-order valence-electron chi connectivity index (χ3n) is 2.16. The van der Waals surface area contributed by atoms with Crippen LogP contribution in [-0.4, -0.2) is 19.6 Å². The first kappa shape index (κ1) is 9.15. The number of ether oxygens (including phenoxy) is 1. The van der Waals surface area contributed by atoms with Gasteiger partial charge in [0.1, 0.15) is 5.75 Å². The Morgan fingerprint density at radius 3 is 3.00 bits per heavy atom. The van der Waals surface area contributed by atoms with E-state index < -0.39 is 0 Å². The maximum Gasteiger partial charge on any atom is 0.264 e. The van der Waals surface area contributed by atoms with Crippen LogP contribution in [0.4, 0.5) is 11.4 Å². The molecule has 5 heteroatoms. The van der Waals surface area contributed by atoms with Crippen LogP contribution in [0.25, 0.3) is 0 Å². The van der Waals surface area contributed by atoms with Crippen LogP contribution in [0.5, 0.6) is 5.75 Å². The molecule has 14 heavy (non-hydrogen) atoms. The second-order valence-corrected chi connectivity index (χ2v) is 3.49. The van der Waals surface area contributed by atoms with Gasteiger partial charge in [0.05, 0.1) is 16.4 Å². The lowest BCUT2D eigenvalue weighted by atomic mass is 10.2. The van der Waals surface area contributed by atoms with E-state index in [1.54, 1.807) is 19.2 Å². The van der Waals surface area contributed by atoms with Gasteiger partial charge in [0.15, 0.2) is 6.61 Å². The molecule has 1 heterocycles. The van der Waals surface area contributed by atoms with Crippen LogP contribution < -0.4 is 15.4 Å². The molecule has 0 aliphatic carbocycles. The Kier molecular flexibility index (Phi) is 2.00. The largest absolute Gasteiger partial charge is 0.481 e. The number of carbonyl (C=O) groups excluding carboxylic acids is 1. The van der Waals surface area contributed by atoms with E-state index in [-0.39, 0.29) is 12.5 Å². The monoisotopic (exact) mass is 212 g/mol. The Morgan fingerprint density at radius 1 is 1.57 bits per heavy atom. The Balaban J connectivity index is 2.55. The van der Waals surface area contributed by atoms with Gasteiger partial charge in [-0.05, 0) is 6.07 Å². The Labute approximate surface area is 86.2 Å². The van der Waals surface area contributed by atoms with Crippen molar-refractivity contribution in [1.82, 2.24) is 0 Å². The van der Waals surface area contributed by atoms with Crippen LogP contribution in [0.2, 0.25) is 5.02 Å². The van der Waals surface area contributed by atoms with Gasteiger partial charge >= 0.3 is 0 Å². The number of hydrogen-bond acceptors (Lipinski definition) is 3. The number of nitrogens with two attached hydrogens (primary N) is 1. The van der Waals surface area contributed by atoms with E-state index in [1.807, 2.05) is 0 Å². The van der Waals surface area contributed by atoms with Gasteiger partial charge in [0.25, 0.3) is 5.91 Å². The summed E-state index contributed by atoms with van der Waals surface area (Å²) >= 11 is 5.84. The molecule has 1 amide bonds. The van der Waals surface area contributed by atoms with E-state index in [0.717, 1.165) is 0 Å². The molecule has 74 valence electrons. The maximum atomic E-state index is 11.3. The topological polar surface area (TPSA) is 55.6 Å². The lowest BCUT2D eigenvalue weighted by Crippen LogP contribution is -2.35. The summed E-state index contributed by atoms with van der Waals surface area (Å²) in [6.07, 6.45) is 0. The van der Waals surface area contributed by atoms with Gasteiger partial charge < -0.3 is 15.4 Å². The van der Waals surface area contributed by atoms with E-state index in [0.29, 0.717) is 22.1 Å². The predicted octanol–water partition coefficient (Wildman–Crippen LogP) is 1.28. The SMILES string of the molecule is CN1C(=O)COc2cc(N)c(Cl)cc21. The number of hydrogen-bond donors (Lipinski definition) is 1. The summed E-state index contributed by atoms with van der Waals surface area (Å²) in [4.78, 5) is 12.8. The highest BCUT2D eigenvalue weighted by Crippen LogP contribution is 2.36. The molecule has 0 radical (unpaired) electrons. The number of rotatable bonds is 0. The summed E-state index contributed by atoms with van der Waals surface area (Å²) in [6, 6.07) is 3.25. The molecule has 0 unspecified atom stereocenters. The summed E-state index contributed by atoms with van der Waals surface area (Å²) in [5.74, 6) is 0.493. The third-order valence-corrected chi connectivity index (χ3v) is 2.49. The van der Waals surface area contributed by atoms with Crippen molar-refractivity contribution in [2.75, 3.05) is 24.3 Å². The van der Waals surface area contributed by atoms with Crippen molar-refractivity contribution in [2.45, 2.75) is 0 Å². The smallest absolute Gasteiger partial charge is 0.264 e. The first-order valence-corrected chi connectivity index (χ1v) is 4.46. The van der Waals surface area contributed by atoms with Gasteiger partial charge in [0, 0.05) is 13.1 Å². The fourth-order valence-electron chi connectivity index (χ4n) is 1.31. The zero-order valence-electron chi connectivity index (χ0n) is 7.58. The number of fused-ring (bicyclic) bond motifs is 1. The van der Waals surface area contributed by atoms with Gasteiger partial charge in [-0.1, -0.05) is 11.6 Å². The van der Waals surface area contributed by atoms with Crippen molar-refractivity contribution in [3.8, 4) is 5.75 Å². The van der Waals surface area contributed by atoms with E-state index in [2.05, 4.69) is 0 Å². The van der Waals surface area contributed by atoms with Crippen LogP contribution >= 0.6 is 11.6 Å². The summed E-state index contributed by atoms with van der Waals surface area (Å²) in [6.45, 7) is 0.0462. The van der Waals surface area contributed by atoms with Gasteiger partial charge in [-0.25, -0.2) is 0 Å². The minimum atomic E-state index is -0.0988. The molecule has 1 aliphatic rings. The molecule has 0 aromatic heterocycles. The number of carbonyl (C=O) groups is 1. The third kappa shape index (κ3) is 1.28. The van der Waals surface area contributed by atoms with E-state index in [1.165, 1.54) is 4.90 Å². The first-order chi connectivity index (χ1) is 6.59. The normalized spacial score (nSPS) is 15.0. The number of halogens is 1. The van der Waals surface area contributed by atoms with Crippen molar-refractivity contribution >= 4 is 28.9 Å². The van der Waals surface area contributed by atoms with Gasteiger partial charge in [-0.3, -0.25) is 4.79 Å². The van der Waals surface area contributed by atoms with Crippen molar-refractivity contribution < 1.29 is 9.53 Å². The molecule has 0 atom stereocenters. The molecule has 0 saturated carbocycles. The summed E-state index contributed by atoms with van der Waals surface area (Å²) in [7, 11) is 1.68. The van der Waals surface area contributed by atoms with Crippen LogP contribution in [-0.2, 0) is 4.79 Å². The van der Waals surface area contributed by atoms with Crippen molar-refractivity contribution in [3.05, 3.63) is 17.2 Å². The van der Waals surface area contributed by atoms with E-state index >= 15 is 0 Å². The molecule has 2 rings (SSSR count). The van der Waals surface area contributed by atoms with Crippen molar-refractivity contribution in [1.29, 1.82) is 0 Å². The zero-order valence-corrected chi connectivity index (χ0v) is 8.34. The number of nitrogens with zero attached hydrogens (tertiary/aromatic N) is 1. The lowest BCUT2D eigenvalue weighted by Gasteiger charge is -2.26. The molecule has 1 aliphatic heterocycles. The fourth-order valence-corrected chi connectivity index (χ4v) is 1.46. The highest BCUT2D eigenvalue weighted by atomic mass is 35.5. The van der Waals surface area contributed by atoms with E-state index in [9.17, 15) is 4.79 Å². The van der Waals surface area contributed by atoms with Crippen molar-refractivity contribution in [3.63, 3.8) is 0 Å². The lowest BCUT2D eigenvalue weighted by molar-refractivity contribution is -0.120.